The molecule has 0 saturated heterocycles. The van der Waals surface area contributed by atoms with Crippen molar-refractivity contribution in [1.29, 1.82) is 0 Å². The molecule has 0 aliphatic carbocycles. The van der Waals surface area contributed by atoms with E-state index in [-0.39, 0.29) is 31.2 Å². The molecule has 2 rings (SSSR count). The lowest BCUT2D eigenvalue weighted by Crippen LogP contribution is -2.34. The molecule has 2 aromatic carbocycles. The largest absolute Gasteiger partial charge is 0.466 e. The van der Waals surface area contributed by atoms with Crippen molar-refractivity contribution in [2.45, 2.75) is 72.0 Å². The van der Waals surface area contributed by atoms with Crippen LogP contribution in [0, 0.1) is 6.92 Å². The molecule has 0 fully saturated rings. The first-order valence-corrected chi connectivity index (χ1v) is 14.2. The average molecular weight is 646 g/mol. The summed E-state index contributed by atoms with van der Waals surface area (Å²) in [6.45, 7) is 14.1. The highest BCUT2D eigenvalue weighted by Gasteiger charge is 2.27. The predicted molar refractivity (Wildman–Crippen MR) is 155 cm³/mol. The molecule has 0 heterocycles. The zero-order valence-corrected chi connectivity index (χ0v) is 26.6. The molecule has 0 aliphatic heterocycles. The van der Waals surface area contributed by atoms with E-state index in [2.05, 4.69) is 77.8 Å². The van der Waals surface area contributed by atoms with Crippen LogP contribution in [0.5, 0.6) is 11.5 Å². The highest BCUT2D eigenvalue weighted by atomic mass is 79.9. The first kappa shape index (κ1) is 32.1. The molecular formula is C29H42Br2O6. The number of benzene rings is 2. The Hall–Kier alpha value is -1.16. The molecule has 208 valence electrons. The van der Waals surface area contributed by atoms with Crippen LogP contribution in [0.3, 0.4) is 0 Å². The van der Waals surface area contributed by atoms with Gasteiger partial charge in [-0.2, -0.15) is 0 Å². The van der Waals surface area contributed by atoms with Gasteiger partial charge in [0, 0.05) is 40.3 Å². The monoisotopic (exact) mass is 644 g/mol. The van der Waals surface area contributed by atoms with Crippen LogP contribution in [0.15, 0.2) is 33.2 Å². The Labute approximate surface area is 239 Å². The predicted octanol–water partition coefficient (Wildman–Crippen LogP) is 7.38. The Morgan fingerprint density at radius 3 is 1.62 bits per heavy atom. The minimum atomic E-state index is -0.236. The summed E-state index contributed by atoms with van der Waals surface area (Å²) in [5, 5.41) is 0. The van der Waals surface area contributed by atoms with Crippen molar-refractivity contribution in [2.24, 2.45) is 0 Å². The van der Waals surface area contributed by atoms with Gasteiger partial charge in [0.25, 0.3) is 0 Å². The van der Waals surface area contributed by atoms with Crippen molar-refractivity contribution in [3.63, 3.8) is 0 Å². The minimum Gasteiger partial charge on any atom is -0.466 e. The molecule has 8 heteroatoms. The zero-order chi connectivity index (χ0) is 27.6. The van der Waals surface area contributed by atoms with Gasteiger partial charge in [-0.1, -0.05) is 32.9 Å². The first-order chi connectivity index (χ1) is 17.5. The third-order valence-electron chi connectivity index (χ3n) is 6.10. The van der Waals surface area contributed by atoms with E-state index in [0.29, 0.717) is 26.1 Å². The molecule has 0 aromatic heterocycles. The van der Waals surface area contributed by atoms with E-state index in [4.69, 9.17) is 28.4 Å². The second-order valence-electron chi connectivity index (χ2n) is 9.90. The summed E-state index contributed by atoms with van der Waals surface area (Å²) in [5.74, 6) is 1.52. The van der Waals surface area contributed by atoms with E-state index in [1.165, 1.54) is 5.56 Å². The van der Waals surface area contributed by atoms with Crippen LogP contribution in [-0.4, -0.2) is 53.2 Å². The maximum absolute atomic E-state index is 6.05. The summed E-state index contributed by atoms with van der Waals surface area (Å²) >= 11 is 7.39. The molecule has 2 aromatic rings. The summed E-state index contributed by atoms with van der Waals surface area (Å²) < 4.78 is 36.7. The lowest BCUT2D eigenvalue weighted by Gasteiger charge is -2.28. The highest BCUT2D eigenvalue weighted by Crippen LogP contribution is 2.37. The first-order valence-electron chi connectivity index (χ1n) is 12.6. The number of hydrogen-bond donors (Lipinski definition) is 0. The average Bonchev–Trinajstić information content (AvgIpc) is 2.83. The summed E-state index contributed by atoms with van der Waals surface area (Å²) in [6, 6.07) is 8.48. The van der Waals surface area contributed by atoms with Gasteiger partial charge in [-0.3, -0.25) is 0 Å². The molecule has 0 spiro atoms. The minimum absolute atomic E-state index is 0.0282. The lowest BCUT2D eigenvalue weighted by molar-refractivity contribution is -0.0361. The molecule has 0 bridgehead atoms. The number of methoxy groups -OCH3 is 2. The van der Waals surface area contributed by atoms with E-state index in [1.54, 1.807) is 14.2 Å². The standard InChI is InChI=1S/C29H42Br2O6/c1-9-34-17-36-27-20(11-19(3)12-23(27)30)14-25(32-7)26(33-8)15-21-13-22(29(4,5)6)16-24(31)28(21)37-18-35-10-2/h11-13,16,25-26H,9-10,14-15,17-18H2,1-8H3/t25-,26-/m1/s1. The molecule has 0 unspecified atom stereocenters. The topological polar surface area (TPSA) is 55.4 Å². The van der Waals surface area contributed by atoms with Crippen LogP contribution in [0.25, 0.3) is 0 Å². The maximum atomic E-state index is 6.05. The SMILES string of the molecule is CCOCOc1c(Br)cc(C)cc1C[C@@H](OC)[C@@H](Cc1cc(C(C)(C)C)cc(Br)c1OCOCC)OC. The van der Waals surface area contributed by atoms with E-state index in [1.807, 2.05) is 19.9 Å². The van der Waals surface area contributed by atoms with E-state index in [9.17, 15) is 0 Å². The molecule has 0 saturated carbocycles. The summed E-state index contributed by atoms with van der Waals surface area (Å²) in [5.41, 5.74) is 4.36. The van der Waals surface area contributed by atoms with Gasteiger partial charge in [-0.25, -0.2) is 0 Å². The van der Waals surface area contributed by atoms with Crippen LogP contribution in [0.2, 0.25) is 0 Å². The van der Waals surface area contributed by atoms with Crippen molar-refractivity contribution >= 4 is 31.9 Å². The van der Waals surface area contributed by atoms with Crippen molar-refractivity contribution in [2.75, 3.05) is 41.0 Å². The summed E-state index contributed by atoms with van der Waals surface area (Å²) in [7, 11) is 3.44. The van der Waals surface area contributed by atoms with Crippen LogP contribution < -0.4 is 9.47 Å². The molecule has 0 aliphatic rings. The molecule has 0 N–H and O–H groups in total. The number of ether oxygens (including phenoxy) is 6. The van der Waals surface area contributed by atoms with E-state index in [0.717, 1.165) is 37.1 Å². The Balaban J connectivity index is 2.41. The fraction of sp³-hybridized carbons (Fsp3) is 0.586. The molecule has 2 atom stereocenters. The summed E-state index contributed by atoms with van der Waals surface area (Å²) in [4.78, 5) is 0. The number of aryl methyl sites for hydroxylation is 1. The Morgan fingerprint density at radius 2 is 1.19 bits per heavy atom. The van der Waals surface area contributed by atoms with Gasteiger partial charge < -0.3 is 28.4 Å². The van der Waals surface area contributed by atoms with Crippen molar-refractivity contribution in [3.8, 4) is 11.5 Å². The van der Waals surface area contributed by atoms with Crippen LogP contribution in [0.4, 0.5) is 0 Å². The third kappa shape index (κ3) is 9.52. The smallest absolute Gasteiger partial charge is 0.189 e. The molecule has 0 radical (unpaired) electrons. The second kappa shape index (κ2) is 15.4. The molecule has 6 nitrogen and oxygen atoms in total. The van der Waals surface area contributed by atoms with Gasteiger partial charge in [-0.05, 0) is 92.4 Å². The van der Waals surface area contributed by atoms with Gasteiger partial charge in [-0.15, -0.1) is 0 Å². The van der Waals surface area contributed by atoms with Gasteiger partial charge in [0.05, 0.1) is 21.2 Å². The molecule has 0 amide bonds. The Kier molecular flexibility index (Phi) is 13.4. The van der Waals surface area contributed by atoms with Crippen LogP contribution >= 0.6 is 31.9 Å². The number of rotatable bonds is 15. The van der Waals surface area contributed by atoms with Gasteiger partial charge in [0.1, 0.15) is 11.5 Å². The van der Waals surface area contributed by atoms with Gasteiger partial charge >= 0.3 is 0 Å². The highest BCUT2D eigenvalue weighted by molar-refractivity contribution is 9.10. The normalized spacial score (nSPS) is 13.5. The van der Waals surface area contributed by atoms with Crippen molar-refractivity contribution < 1.29 is 28.4 Å². The third-order valence-corrected chi connectivity index (χ3v) is 7.27. The summed E-state index contributed by atoms with van der Waals surface area (Å²) in [6.07, 6.45) is 0.734. The van der Waals surface area contributed by atoms with Crippen molar-refractivity contribution in [1.82, 2.24) is 0 Å². The lowest BCUT2D eigenvalue weighted by atomic mass is 9.85. The van der Waals surface area contributed by atoms with Crippen LogP contribution in [-0.2, 0) is 37.2 Å². The quantitative estimate of drug-likeness (QED) is 0.149. The van der Waals surface area contributed by atoms with Crippen molar-refractivity contribution in [3.05, 3.63) is 55.5 Å². The fourth-order valence-electron chi connectivity index (χ4n) is 4.05. The maximum Gasteiger partial charge on any atom is 0.189 e. The van der Waals surface area contributed by atoms with Gasteiger partial charge in [0.15, 0.2) is 13.6 Å². The molecular weight excluding hydrogens is 604 g/mol. The van der Waals surface area contributed by atoms with Gasteiger partial charge in [0.2, 0.25) is 0 Å². The molecule has 37 heavy (non-hydrogen) atoms. The number of halogens is 2. The fourth-order valence-corrected chi connectivity index (χ4v) is 5.39. The van der Waals surface area contributed by atoms with E-state index < -0.39 is 0 Å². The Bertz CT molecular complexity index is 989. The second-order valence-corrected chi connectivity index (χ2v) is 11.6. The van der Waals surface area contributed by atoms with E-state index >= 15 is 0 Å². The Morgan fingerprint density at radius 1 is 0.730 bits per heavy atom. The number of hydrogen-bond acceptors (Lipinski definition) is 6. The van der Waals surface area contributed by atoms with Crippen LogP contribution in [0.1, 0.15) is 56.9 Å². The zero-order valence-electron chi connectivity index (χ0n) is 23.4.